The molecule has 1 aromatic rings. The number of phosphoric acid groups is 2. The maximum atomic E-state index is 12.0. The Morgan fingerprint density at radius 2 is 2.00 bits per heavy atom. The minimum atomic E-state index is -5.32. The maximum absolute atomic E-state index is 12.0. The number of nitrogens with zero attached hydrogens (tertiary/aromatic N) is 1. The summed E-state index contributed by atoms with van der Waals surface area (Å²) in [6.07, 6.45) is -2.80. The molecule has 2 rings (SSSR count). The van der Waals surface area contributed by atoms with Crippen LogP contribution in [-0.4, -0.2) is 60.9 Å². The Hall–Kier alpha value is -1.44. The number of hydrogen-bond acceptors (Lipinski definition) is 9. The van der Waals surface area contributed by atoms with Crippen molar-refractivity contribution in [1.29, 1.82) is 0 Å². The maximum Gasteiger partial charge on any atom is 0.481 e. The van der Waals surface area contributed by atoms with Crippen molar-refractivity contribution in [1.82, 2.24) is 9.55 Å². The van der Waals surface area contributed by atoms with Gasteiger partial charge in [-0.25, -0.2) is 13.9 Å². The van der Waals surface area contributed by atoms with Gasteiger partial charge in [-0.1, -0.05) is 6.08 Å². The molecule has 1 aliphatic heterocycles. The number of H-pyrrole nitrogens is 1. The standard InChI is InChI=1S/C12H18N2O12P2/c1-2-5-23-10-9(16)7(6-24-28(21,22)26-27(18,19)20)25-11(10)14-4-3-8(15)13-12(14)17/h2-4,7,9-11,16H,1,5-6H2,(H,21,22)(H,13,15,17)(H2,18,19,20)/t7-,9-,10+,11-/m1/s1. The summed E-state index contributed by atoms with van der Waals surface area (Å²) in [5.74, 6) is 0. The number of rotatable bonds is 9. The lowest BCUT2D eigenvalue weighted by atomic mass is 10.1. The van der Waals surface area contributed by atoms with Gasteiger partial charge in [0.25, 0.3) is 5.56 Å². The highest BCUT2D eigenvalue weighted by atomic mass is 31.3. The molecule has 2 heterocycles. The third-order valence-electron chi connectivity index (χ3n) is 3.46. The first kappa shape index (κ1) is 22.8. The highest BCUT2D eigenvalue weighted by molar-refractivity contribution is 7.60. The van der Waals surface area contributed by atoms with Crippen molar-refractivity contribution in [2.45, 2.75) is 24.5 Å². The number of aliphatic hydroxyl groups is 1. The zero-order valence-electron chi connectivity index (χ0n) is 14.1. The third kappa shape index (κ3) is 6.03. The summed E-state index contributed by atoms with van der Waals surface area (Å²) in [6, 6.07) is 1.03. The van der Waals surface area contributed by atoms with Crippen LogP contribution >= 0.6 is 15.6 Å². The van der Waals surface area contributed by atoms with Crippen LogP contribution in [0.1, 0.15) is 6.23 Å². The molecule has 0 amide bonds. The highest BCUT2D eigenvalue weighted by Gasteiger charge is 2.47. The molecule has 1 saturated heterocycles. The van der Waals surface area contributed by atoms with E-state index in [1.165, 1.54) is 6.08 Å². The van der Waals surface area contributed by atoms with Gasteiger partial charge in [0.05, 0.1) is 13.2 Å². The average Bonchev–Trinajstić information content (AvgIpc) is 2.85. The fourth-order valence-corrected chi connectivity index (χ4v) is 3.99. The van der Waals surface area contributed by atoms with E-state index < -0.39 is 58.0 Å². The summed E-state index contributed by atoms with van der Waals surface area (Å²) in [4.78, 5) is 51.6. The molecule has 5 N–H and O–H groups in total. The summed E-state index contributed by atoms with van der Waals surface area (Å²) in [6.45, 7) is 2.56. The predicted octanol–water partition coefficient (Wildman–Crippen LogP) is -1.41. The van der Waals surface area contributed by atoms with E-state index in [0.717, 1.165) is 16.8 Å². The van der Waals surface area contributed by atoms with E-state index in [4.69, 9.17) is 19.3 Å². The van der Waals surface area contributed by atoms with Gasteiger partial charge in [-0.15, -0.1) is 6.58 Å². The molecule has 0 saturated carbocycles. The molecule has 1 aliphatic rings. The van der Waals surface area contributed by atoms with E-state index in [9.17, 15) is 28.7 Å². The average molecular weight is 444 g/mol. The minimum Gasteiger partial charge on any atom is -0.387 e. The Labute approximate surface area is 156 Å². The molecule has 0 bridgehead atoms. The fourth-order valence-electron chi connectivity index (χ4n) is 2.39. The van der Waals surface area contributed by atoms with E-state index >= 15 is 0 Å². The van der Waals surface area contributed by atoms with Crippen LogP contribution in [0.25, 0.3) is 0 Å². The summed E-state index contributed by atoms with van der Waals surface area (Å²) < 4.78 is 42.0. The van der Waals surface area contributed by atoms with Crippen LogP contribution in [0.5, 0.6) is 0 Å². The Kier molecular flexibility index (Phi) is 7.28. The first-order valence-electron chi connectivity index (χ1n) is 7.55. The summed E-state index contributed by atoms with van der Waals surface area (Å²) in [5.41, 5.74) is -1.53. The predicted molar refractivity (Wildman–Crippen MR) is 90.1 cm³/mol. The van der Waals surface area contributed by atoms with Gasteiger partial charge in [0, 0.05) is 12.3 Å². The van der Waals surface area contributed by atoms with Gasteiger partial charge in [0.1, 0.15) is 18.3 Å². The summed E-state index contributed by atoms with van der Waals surface area (Å²) in [7, 11) is -10.5. The Bertz CT molecular complexity index is 906. The van der Waals surface area contributed by atoms with Gasteiger partial charge in [0.15, 0.2) is 6.23 Å². The fraction of sp³-hybridized carbons (Fsp3) is 0.500. The lowest BCUT2D eigenvalue weighted by Crippen LogP contribution is -2.39. The second-order valence-electron chi connectivity index (χ2n) is 5.50. The zero-order chi connectivity index (χ0) is 21.1. The van der Waals surface area contributed by atoms with E-state index in [-0.39, 0.29) is 6.61 Å². The Morgan fingerprint density at radius 1 is 1.32 bits per heavy atom. The normalized spacial score (nSPS) is 27.4. The van der Waals surface area contributed by atoms with E-state index in [0.29, 0.717) is 0 Å². The summed E-state index contributed by atoms with van der Waals surface area (Å²) in [5, 5.41) is 10.4. The molecule has 0 aromatic carbocycles. The van der Waals surface area contributed by atoms with Crippen molar-refractivity contribution < 1.29 is 47.2 Å². The molecule has 28 heavy (non-hydrogen) atoms. The van der Waals surface area contributed by atoms with E-state index in [1.54, 1.807) is 0 Å². The lowest BCUT2D eigenvalue weighted by Gasteiger charge is -2.21. The van der Waals surface area contributed by atoms with E-state index in [2.05, 4.69) is 15.4 Å². The quantitative estimate of drug-likeness (QED) is 0.220. The first-order chi connectivity index (χ1) is 12.9. The largest absolute Gasteiger partial charge is 0.481 e. The highest BCUT2D eigenvalue weighted by Crippen LogP contribution is 2.57. The van der Waals surface area contributed by atoms with Crippen molar-refractivity contribution in [3.05, 3.63) is 45.8 Å². The molecule has 1 aromatic heterocycles. The number of aromatic nitrogens is 2. The molecule has 5 atom stereocenters. The number of hydrogen-bond donors (Lipinski definition) is 5. The number of ether oxygens (including phenoxy) is 2. The number of aliphatic hydroxyl groups excluding tert-OH is 1. The van der Waals surface area contributed by atoms with Gasteiger partial charge < -0.3 is 29.3 Å². The Morgan fingerprint density at radius 3 is 2.57 bits per heavy atom. The monoisotopic (exact) mass is 444 g/mol. The van der Waals surface area contributed by atoms with Crippen molar-refractivity contribution >= 4 is 15.6 Å². The van der Waals surface area contributed by atoms with Crippen LogP contribution in [0.2, 0.25) is 0 Å². The van der Waals surface area contributed by atoms with Crippen molar-refractivity contribution in [2.24, 2.45) is 0 Å². The van der Waals surface area contributed by atoms with Gasteiger partial charge in [0.2, 0.25) is 0 Å². The summed E-state index contributed by atoms with van der Waals surface area (Å²) >= 11 is 0. The lowest BCUT2D eigenvalue weighted by molar-refractivity contribution is -0.0682. The number of aromatic amines is 1. The van der Waals surface area contributed by atoms with Crippen molar-refractivity contribution in [3.63, 3.8) is 0 Å². The first-order valence-corrected chi connectivity index (χ1v) is 10.6. The molecule has 16 heteroatoms. The van der Waals surface area contributed by atoms with Gasteiger partial charge in [-0.2, -0.15) is 4.31 Å². The Balaban J connectivity index is 2.20. The second kappa shape index (κ2) is 8.93. The topological polar surface area (TPSA) is 207 Å². The van der Waals surface area contributed by atoms with Crippen LogP contribution in [0.4, 0.5) is 0 Å². The minimum absolute atomic E-state index is 0.0485. The van der Waals surface area contributed by atoms with E-state index in [1.807, 2.05) is 4.98 Å². The third-order valence-corrected chi connectivity index (χ3v) is 5.61. The molecule has 158 valence electrons. The van der Waals surface area contributed by atoms with Gasteiger partial charge >= 0.3 is 21.3 Å². The molecular weight excluding hydrogens is 426 g/mol. The zero-order valence-corrected chi connectivity index (χ0v) is 15.8. The van der Waals surface area contributed by atoms with Crippen LogP contribution in [0.3, 0.4) is 0 Å². The molecule has 0 aliphatic carbocycles. The number of nitrogens with one attached hydrogen (secondary N) is 1. The molecule has 14 nitrogen and oxygen atoms in total. The van der Waals surface area contributed by atoms with Crippen LogP contribution in [0.15, 0.2) is 34.5 Å². The van der Waals surface area contributed by atoms with Crippen LogP contribution in [-0.2, 0) is 27.4 Å². The molecule has 0 radical (unpaired) electrons. The molecule has 0 spiro atoms. The SMILES string of the molecule is C=CCO[C@H]1[C@H](O)[C@@H](COP(=O)(O)OP(=O)(O)O)O[C@H]1n1ccc(=O)[nH]c1=O. The molecule has 1 fully saturated rings. The van der Waals surface area contributed by atoms with Crippen molar-refractivity contribution in [2.75, 3.05) is 13.2 Å². The number of phosphoric ester groups is 1. The second-order valence-corrected chi connectivity index (χ2v) is 8.33. The van der Waals surface area contributed by atoms with Gasteiger partial charge in [-0.05, 0) is 0 Å². The van der Waals surface area contributed by atoms with Gasteiger partial charge in [-0.3, -0.25) is 18.9 Å². The van der Waals surface area contributed by atoms with Crippen LogP contribution < -0.4 is 11.2 Å². The smallest absolute Gasteiger partial charge is 0.387 e. The van der Waals surface area contributed by atoms with Crippen LogP contribution in [0, 0.1) is 0 Å². The molecule has 1 unspecified atom stereocenters. The van der Waals surface area contributed by atoms with Crippen molar-refractivity contribution in [3.8, 4) is 0 Å². The molecular formula is C12H18N2O12P2.